The number of amides is 2. The van der Waals surface area contributed by atoms with Crippen LogP contribution in [0.5, 0.6) is 0 Å². The summed E-state index contributed by atoms with van der Waals surface area (Å²) in [5.41, 5.74) is 3.18. The lowest BCUT2D eigenvalue weighted by atomic mass is 10.1. The zero-order chi connectivity index (χ0) is 19.4. The lowest BCUT2D eigenvalue weighted by Crippen LogP contribution is -2.36. The van der Waals surface area contributed by atoms with Crippen molar-refractivity contribution in [2.24, 2.45) is 0 Å². The van der Waals surface area contributed by atoms with E-state index < -0.39 is 0 Å². The molecule has 7 nitrogen and oxygen atoms in total. The van der Waals surface area contributed by atoms with E-state index in [-0.39, 0.29) is 11.8 Å². The smallest absolute Gasteiger partial charge is 0.256 e. The summed E-state index contributed by atoms with van der Waals surface area (Å²) in [5, 5.41) is 2.78. The van der Waals surface area contributed by atoms with Crippen molar-refractivity contribution in [3.05, 3.63) is 53.2 Å². The Balaban J connectivity index is 1.78. The number of pyridine rings is 1. The second-order valence-corrected chi connectivity index (χ2v) is 6.68. The van der Waals surface area contributed by atoms with Gasteiger partial charge in [-0.25, -0.2) is 4.98 Å². The standard InChI is InChI=1S/C20H24N4O3/c1-14-4-5-15(12-17(14)24-8-10-27-11-9-24)19(25)22-18-13-16(6-7-21-18)20(26)23(2)3/h4-7,12-13H,8-11H2,1-3H3,(H,21,22,25). The van der Waals surface area contributed by atoms with E-state index in [1.54, 1.807) is 32.3 Å². The Morgan fingerprint density at radius 3 is 2.56 bits per heavy atom. The lowest BCUT2D eigenvalue weighted by Gasteiger charge is -2.30. The number of anilines is 2. The molecular formula is C20H24N4O3. The molecule has 1 saturated heterocycles. The summed E-state index contributed by atoms with van der Waals surface area (Å²) in [6, 6.07) is 8.84. The molecular weight excluding hydrogens is 344 g/mol. The molecule has 0 bridgehead atoms. The summed E-state index contributed by atoms with van der Waals surface area (Å²) in [7, 11) is 3.36. The molecule has 0 atom stereocenters. The SMILES string of the molecule is Cc1ccc(C(=O)Nc2cc(C(=O)N(C)C)ccn2)cc1N1CCOCC1. The summed E-state index contributed by atoms with van der Waals surface area (Å²) in [4.78, 5) is 32.6. The highest BCUT2D eigenvalue weighted by Crippen LogP contribution is 2.23. The molecule has 3 rings (SSSR count). The van der Waals surface area contributed by atoms with Crippen molar-refractivity contribution in [3.8, 4) is 0 Å². The number of hydrogen-bond acceptors (Lipinski definition) is 5. The van der Waals surface area contributed by atoms with Crippen LogP contribution in [0.1, 0.15) is 26.3 Å². The Kier molecular flexibility index (Phi) is 5.71. The first-order valence-electron chi connectivity index (χ1n) is 8.88. The first-order chi connectivity index (χ1) is 13.0. The number of rotatable bonds is 4. The molecule has 142 valence electrons. The highest BCUT2D eigenvalue weighted by atomic mass is 16.5. The average Bonchev–Trinajstić information content (AvgIpc) is 2.68. The molecule has 1 aliphatic heterocycles. The fourth-order valence-electron chi connectivity index (χ4n) is 2.97. The average molecular weight is 368 g/mol. The molecule has 1 aliphatic rings. The number of nitrogens with one attached hydrogen (secondary N) is 1. The topological polar surface area (TPSA) is 74.8 Å². The maximum atomic E-state index is 12.7. The first-order valence-corrected chi connectivity index (χ1v) is 8.88. The summed E-state index contributed by atoms with van der Waals surface area (Å²) < 4.78 is 5.40. The third-order valence-corrected chi connectivity index (χ3v) is 4.48. The fraction of sp³-hybridized carbons (Fsp3) is 0.350. The van der Waals surface area contributed by atoms with Crippen molar-refractivity contribution in [1.82, 2.24) is 9.88 Å². The van der Waals surface area contributed by atoms with E-state index in [2.05, 4.69) is 15.2 Å². The van der Waals surface area contributed by atoms with Gasteiger partial charge in [0, 0.05) is 50.2 Å². The number of aryl methyl sites for hydroxylation is 1. The summed E-state index contributed by atoms with van der Waals surface area (Å²) in [5.74, 6) is -0.0505. The first kappa shape index (κ1) is 18.8. The fourth-order valence-corrected chi connectivity index (χ4v) is 2.97. The van der Waals surface area contributed by atoms with Crippen LogP contribution in [-0.2, 0) is 4.74 Å². The number of hydrogen-bond donors (Lipinski definition) is 1. The van der Waals surface area contributed by atoms with Crippen LogP contribution in [0.4, 0.5) is 11.5 Å². The molecule has 0 spiro atoms. The van der Waals surface area contributed by atoms with E-state index in [9.17, 15) is 9.59 Å². The largest absolute Gasteiger partial charge is 0.378 e. The Morgan fingerprint density at radius 2 is 1.85 bits per heavy atom. The molecule has 7 heteroatoms. The van der Waals surface area contributed by atoms with Crippen LogP contribution in [0.2, 0.25) is 0 Å². The van der Waals surface area contributed by atoms with Crippen molar-refractivity contribution in [2.45, 2.75) is 6.92 Å². The van der Waals surface area contributed by atoms with E-state index in [1.807, 2.05) is 19.1 Å². The van der Waals surface area contributed by atoms with Crippen molar-refractivity contribution in [2.75, 3.05) is 50.6 Å². The molecule has 0 aliphatic carbocycles. The number of carbonyl (C=O) groups excluding carboxylic acids is 2. The third kappa shape index (κ3) is 4.43. The van der Waals surface area contributed by atoms with Crippen LogP contribution < -0.4 is 10.2 Å². The Bertz CT molecular complexity index is 845. The van der Waals surface area contributed by atoms with Crippen LogP contribution in [-0.4, -0.2) is 62.1 Å². The highest BCUT2D eigenvalue weighted by molar-refractivity contribution is 6.05. The molecule has 1 fully saturated rings. The van der Waals surface area contributed by atoms with Crippen molar-refractivity contribution in [3.63, 3.8) is 0 Å². The molecule has 2 heterocycles. The van der Waals surface area contributed by atoms with Crippen molar-refractivity contribution in [1.29, 1.82) is 0 Å². The Morgan fingerprint density at radius 1 is 1.11 bits per heavy atom. The molecule has 1 aromatic carbocycles. The monoisotopic (exact) mass is 368 g/mol. The van der Waals surface area contributed by atoms with Gasteiger partial charge in [0.2, 0.25) is 0 Å². The van der Waals surface area contributed by atoms with E-state index >= 15 is 0 Å². The quantitative estimate of drug-likeness (QED) is 0.895. The number of ether oxygens (including phenoxy) is 1. The minimum atomic E-state index is -0.258. The maximum Gasteiger partial charge on any atom is 0.256 e. The summed E-state index contributed by atoms with van der Waals surface area (Å²) in [6.07, 6.45) is 1.51. The number of carbonyl (C=O) groups is 2. The van der Waals surface area contributed by atoms with E-state index in [1.165, 1.54) is 11.1 Å². The van der Waals surface area contributed by atoms with Gasteiger partial charge in [0.1, 0.15) is 5.82 Å². The Hall–Kier alpha value is -2.93. The van der Waals surface area contributed by atoms with Gasteiger partial charge in [0.05, 0.1) is 13.2 Å². The minimum Gasteiger partial charge on any atom is -0.378 e. The number of nitrogens with zero attached hydrogens (tertiary/aromatic N) is 3. The second-order valence-electron chi connectivity index (χ2n) is 6.68. The van der Waals surface area contributed by atoms with Crippen LogP contribution >= 0.6 is 0 Å². The highest BCUT2D eigenvalue weighted by Gasteiger charge is 2.16. The van der Waals surface area contributed by atoms with Crippen LogP contribution in [0.3, 0.4) is 0 Å². The normalized spacial score (nSPS) is 14.0. The van der Waals surface area contributed by atoms with E-state index in [4.69, 9.17) is 4.74 Å². The minimum absolute atomic E-state index is 0.141. The zero-order valence-corrected chi connectivity index (χ0v) is 15.9. The lowest BCUT2D eigenvalue weighted by molar-refractivity contribution is 0.0827. The third-order valence-electron chi connectivity index (χ3n) is 4.48. The molecule has 0 saturated carbocycles. The van der Waals surface area contributed by atoms with Crippen LogP contribution in [0.25, 0.3) is 0 Å². The van der Waals surface area contributed by atoms with Crippen molar-refractivity contribution < 1.29 is 14.3 Å². The molecule has 2 aromatic rings. The molecule has 2 amide bonds. The van der Waals surface area contributed by atoms with Crippen LogP contribution in [0, 0.1) is 6.92 Å². The predicted molar refractivity (Wildman–Crippen MR) is 104 cm³/mol. The molecule has 0 radical (unpaired) electrons. The van der Waals surface area contributed by atoms with E-state index in [0.717, 1.165) is 24.3 Å². The Labute approximate surface area is 158 Å². The van der Waals surface area contributed by atoms with Gasteiger partial charge in [-0.3, -0.25) is 9.59 Å². The van der Waals surface area contributed by atoms with Gasteiger partial charge in [-0.1, -0.05) is 6.07 Å². The van der Waals surface area contributed by atoms with Gasteiger partial charge < -0.3 is 19.9 Å². The number of benzene rings is 1. The summed E-state index contributed by atoms with van der Waals surface area (Å²) >= 11 is 0. The second kappa shape index (κ2) is 8.18. The van der Waals surface area contributed by atoms with Crippen molar-refractivity contribution >= 4 is 23.3 Å². The zero-order valence-electron chi connectivity index (χ0n) is 15.9. The molecule has 0 unspecified atom stereocenters. The molecule has 27 heavy (non-hydrogen) atoms. The van der Waals surface area contributed by atoms with Gasteiger partial charge in [-0.15, -0.1) is 0 Å². The van der Waals surface area contributed by atoms with Crippen LogP contribution in [0.15, 0.2) is 36.5 Å². The summed E-state index contributed by atoms with van der Waals surface area (Å²) in [6.45, 7) is 5.02. The van der Waals surface area contributed by atoms with Gasteiger partial charge in [-0.05, 0) is 36.8 Å². The van der Waals surface area contributed by atoms with Gasteiger partial charge in [0.25, 0.3) is 11.8 Å². The van der Waals surface area contributed by atoms with Gasteiger partial charge in [-0.2, -0.15) is 0 Å². The molecule has 1 N–H and O–H groups in total. The number of aromatic nitrogens is 1. The predicted octanol–water partition coefficient (Wildman–Crippen LogP) is 2.18. The number of morpholine rings is 1. The maximum absolute atomic E-state index is 12.7. The van der Waals surface area contributed by atoms with E-state index in [0.29, 0.717) is 30.2 Å². The van der Waals surface area contributed by atoms with Gasteiger partial charge >= 0.3 is 0 Å². The van der Waals surface area contributed by atoms with Gasteiger partial charge in [0.15, 0.2) is 0 Å². The molecule has 1 aromatic heterocycles.